The van der Waals surface area contributed by atoms with E-state index in [9.17, 15) is 0 Å². The molecule has 1 aliphatic rings. The molecule has 1 saturated heterocycles. The molecule has 0 amide bonds. The lowest BCUT2D eigenvalue weighted by Crippen LogP contribution is -2.42. The van der Waals surface area contributed by atoms with Crippen molar-refractivity contribution in [2.75, 3.05) is 19.8 Å². The minimum Gasteiger partial charge on any atom is -0.381 e. The second kappa shape index (κ2) is 6.33. The van der Waals surface area contributed by atoms with E-state index in [0.29, 0.717) is 11.5 Å². The third kappa shape index (κ3) is 4.01. The Morgan fingerprint density at radius 1 is 1.32 bits per heavy atom. The first-order chi connectivity index (χ1) is 9.01. The van der Waals surface area contributed by atoms with E-state index in [4.69, 9.17) is 9.72 Å². The zero-order valence-corrected chi connectivity index (χ0v) is 13.4. The van der Waals surface area contributed by atoms with Gasteiger partial charge in [-0.1, -0.05) is 13.8 Å². The molecule has 0 aromatic carbocycles. The van der Waals surface area contributed by atoms with E-state index in [1.54, 1.807) is 0 Å². The summed E-state index contributed by atoms with van der Waals surface area (Å²) in [4.78, 5) is 6.08. The molecule has 0 bridgehead atoms. The van der Waals surface area contributed by atoms with Crippen LogP contribution in [-0.2, 0) is 11.2 Å². The van der Waals surface area contributed by atoms with Gasteiger partial charge in [0.15, 0.2) is 0 Å². The number of thiazole rings is 1. The molecule has 0 unspecified atom stereocenters. The Hall–Kier alpha value is -0.450. The van der Waals surface area contributed by atoms with Crippen molar-refractivity contribution in [2.45, 2.75) is 53.0 Å². The molecule has 0 saturated carbocycles. The molecule has 0 radical (unpaired) electrons. The first kappa shape index (κ1) is 14.9. The fourth-order valence-electron chi connectivity index (χ4n) is 2.58. The molecule has 1 aromatic heterocycles. The molecular weight excluding hydrogens is 256 g/mol. The molecular formula is C15H26N2OS. The second-order valence-corrected chi connectivity index (χ2v) is 7.36. The van der Waals surface area contributed by atoms with Gasteiger partial charge in [0.25, 0.3) is 0 Å². The molecule has 1 aliphatic heterocycles. The number of nitrogens with one attached hydrogen (secondary N) is 1. The van der Waals surface area contributed by atoms with Crippen LogP contribution < -0.4 is 5.32 Å². The highest BCUT2D eigenvalue weighted by atomic mass is 32.1. The van der Waals surface area contributed by atoms with E-state index >= 15 is 0 Å². The quantitative estimate of drug-likeness (QED) is 0.901. The topological polar surface area (TPSA) is 34.2 Å². The zero-order chi connectivity index (χ0) is 13.9. The fourth-order valence-corrected chi connectivity index (χ4v) is 3.68. The Labute approximate surface area is 120 Å². The summed E-state index contributed by atoms with van der Waals surface area (Å²) in [6, 6.07) is 0.541. The van der Waals surface area contributed by atoms with Crippen molar-refractivity contribution in [3.63, 3.8) is 0 Å². The van der Waals surface area contributed by atoms with Gasteiger partial charge in [-0.25, -0.2) is 4.98 Å². The summed E-state index contributed by atoms with van der Waals surface area (Å²) in [5.41, 5.74) is 1.53. The van der Waals surface area contributed by atoms with Crippen molar-refractivity contribution >= 4 is 11.3 Å². The minimum absolute atomic E-state index is 0.333. The number of hydrogen-bond donors (Lipinski definition) is 1. The Balaban J connectivity index is 2.08. The third-order valence-electron chi connectivity index (χ3n) is 4.04. The van der Waals surface area contributed by atoms with Gasteiger partial charge in [-0.05, 0) is 32.1 Å². The molecule has 0 aliphatic carbocycles. The predicted octanol–water partition coefficient (Wildman–Crippen LogP) is 3.10. The van der Waals surface area contributed by atoms with E-state index in [1.807, 2.05) is 11.3 Å². The van der Waals surface area contributed by atoms with Gasteiger partial charge in [0.1, 0.15) is 0 Å². The van der Waals surface area contributed by atoms with Gasteiger partial charge in [-0.3, -0.25) is 0 Å². The Morgan fingerprint density at radius 2 is 2.00 bits per heavy atom. The van der Waals surface area contributed by atoms with Crippen molar-refractivity contribution in [1.82, 2.24) is 10.3 Å². The molecule has 4 heteroatoms. The monoisotopic (exact) mass is 282 g/mol. The predicted molar refractivity (Wildman–Crippen MR) is 80.9 cm³/mol. The SMILES string of the molecule is Cc1nc(CC2(CNC(C)C)CCOCC2)sc1C. The van der Waals surface area contributed by atoms with Crippen LogP contribution in [0.25, 0.3) is 0 Å². The molecule has 108 valence electrons. The Morgan fingerprint density at radius 3 is 2.53 bits per heavy atom. The lowest BCUT2D eigenvalue weighted by Gasteiger charge is -2.37. The highest BCUT2D eigenvalue weighted by molar-refractivity contribution is 7.11. The van der Waals surface area contributed by atoms with Gasteiger partial charge in [-0.15, -0.1) is 11.3 Å². The normalized spacial score (nSPS) is 19.0. The molecule has 0 atom stereocenters. The summed E-state index contributed by atoms with van der Waals surface area (Å²) in [6.45, 7) is 11.6. The molecule has 2 heterocycles. The van der Waals surface area contributed by atoms with Crippen LogP contribution in [0.2, 0.25) is 0 Å². The van der Waals surface area contributed by atoms with Crippen molar-refractivity contribution < 1.29 is 4.74 Å². The fraction of sp³-hybridized carbons (Fsp3) is 0.800. The molecule has 1 N–H and O–H groups in total. The van der Waals surface area contributed by atoms with Crippen LogP contribution in [0.5, 0.6) is 0 Å². The summed E-state index contributed by atoms with van der Waals surface area (Å²) >= 11 is 1.86. The summed E-state index contributed by atoms with van der Waals surface area (Å²) in [7, 11) is 0. The van der Waals surface area contributed by atoms with Gasteiger partial charge >= 0.3 is 0 Å². The van der Waals surface area contributed by atoms with E-state index in [0.717, 1.165) is 39.0 Å². The van der Waals surface area contributed by atoms with Crippen LogP contribution in [-0.4, -0.2) is 30.8 Å². The molecule has 3 nitrogen and oxygen atoms in total. The molecule has 1 fully saturated rings. The molecule has 2 rings (SSSR count). The summed E-state index contributed by atoms with van der Waals surface area (Å²) in [5.74, 6) is 0. The van der Waals surface area contributed by atoms with Crippen LogP contribution in [0.15, 0.2) is 0 Å². The van der Waals surface area contributed by atoms with Crippen molar-refractivity contribution in [3.8, 4) is 0 Å². The first-order valence-electron chi connectivity index (χ1n) is 7.25. The van der Waals surface area contributed by atoms with Crippen molar-refractivity contribution in [1.29, 1.82) is 0 Å². The smallest absolute Gasteiger partial charge is 0.0936 e. The van der Waals surface area contributed by atoms with Crippen molar-refractivity contribution in [3.05, 3.63) is 15.6 Å². The van der Waals surface area contributed by atoms with Gasteiger partial charge in [0, 0.05) is 37.1 Å². The average Bonchev–Trinajstić information content (AvgIpc) is 2.67. The van der Waals surface area contributed by atoms with Crippen LogP contribution >= 0.6 is 11.3 Å². The first-order valence-corrected chi connectivity index (χ1v) is 8.06. The second-order valence-electron chi connectivity index (χ2n) is 6.07. The van der Waals surface area contributed by atoms with Crippen LogP contribution in [0.3, 0.4) is 0 Å². The Kier molecular flexibility index (Phi) is 4.98. The Bertz CT molecular complexity index is 389. The summed E-state index contributed by atoms with van der Waals surface area (Å²) in [5, 5.41) is 4.91. The number of aryl methyl sites for hydroxylation is 2. The van der Waals surface area contributed by atoms with Crippen LogP contribution in [0.1, 0.15) is 42.3 Å². The van der Waals surface area contributed by atoms with Gasteiger partial charge < -0.3 is 10.1 Å². The van der Waals surface area contributed by atoms with E-state index in [-0.39, 0.29) is 0 Å². The average molecular weight is 282 g/mol. The number of nitrogens with zero attached hydrogens (tertiary/aromatic N) is 1. The standard InChI is InChI=1S/C15H26N2OS/c1-11(2)16-10-15(5-7-18-8-6-15)9-14-17-12(3)13(4)19-14/h11,16H,5-10H2,1-4H3. The maximum Gasteiger partial charge on any atom is 0.0936 e. The van der Waals surface area contributed by atoms with Crippen LogP contribution in [0.4, 0.5) is 0 Å². The van der Waals surface area contributed by atoms with E-state index in [1.165, 1.54) is 15.6 Å². The van der Waals surface area contributed by atoms with Gasteiger partial charge in [-0.2, -0.15) is 0 Å². The number of ether oxygens (including phenoxy) is 1. The van der Waals surface area contributed by atoms with Gasteiger partial charge in [0.2, 0.25) is 0 Å². The van der Waals surface area contributed by atoms with Crippen molar-refractivity contribution in [2.24, 2.45) is 5.41 Å². The third-order valence-corrected chi connectivity index (χ3v) is 5.11. The number of aromatic nitrogens is 1. The lowest BCUT2D eigenvalue weighted by atomic mass is 9.77. The van der Waals surface area contributed by atoms with E-state index < -0.39 is 0 Å². The van der Waals surface area contributed by atoms with Crippen LogP contribution in [0, 0.1) is 19.3 Å². The maximum absolute atomic E-state index is 5.55. The highest BCUT2D eigenvalue weighted by Crippen LogP contribution is 2.35. The molecule has 1 aromatic rings. The maximum atomic E-state index is 5.55. The summed E-state index contributed by atoms with van der Waals surface area (Å²) < 4.78 is 5.55. The molecule has 19 heavy (non-hydrogen) atoms. The largest absolute Gasteiger partial charge is 0.381 e. The summed E-state index contributed by atoms with van der Waals surface area (Å²) in [6.07, 6.45) is 3.38. The van der Waals surface area contributed by atoms with Gasteiger partial charge in [0.05, 0.1) is 10.7 Å². The van der Waals surface area contributed by atoms with E-state index in [2.05, 4.69) is 33.0 Å². The zero-order valence-electron chi connectivity index (χ0n) is 12.6. The minimum atomic E-state index is 0.333. The highest BCUT2D eigenvalue weighted by Gasteiger charge is 2.33. The molecule has 0 spiro atoms. The number of rotatable bonds is 5. The number of hydrogen-bond acceptors (Lipinski definition) is 4. The lowest BCUT2D eigenvalue weighted by molar-refractivity contribution is 0.0140.